The molecule has 1 aliphatic rings. The summed E-state index contributed by atoms with van der Waals surface area (Å²) < 4.78 is 28.7. The molecule has 0 spiro atoms. The van der Waals surface area contributed by atoms with Gasteiger partial charge >= 0.3 is 0 Å². The number of ether oxygens (including phenoxy) is 1. The molecule has 1 unspecified atom stereocenters. The van der Waals surface area contributed by atoms with Crippen LogP contribution in [0.2, 0.25) is 0 Å². The maximum absolute atomic E-state index is 13.1. The van der Waals surface area contributed by atoms with Gasteiger partial charge in [-0.2, -0.15) is 0 Å². The number of nitrogens with two attached hydrogens (primary N) is 1. The van der Waals surface area contributed by atoms with E-state index in [0.717, 1.165) is 30.6 Å². The number of amides is 1. The summed E-state index contributed by atoms with van der Waals surface area (Å²) in [5.74, 6) is 0.811. The highest BCUT2D eigenvalue weighted by atomic mass is 32.2. The van der Waals surface area contributed by atoms with Gasteiger partial charge in [0.15, 0.2) is 0 Å². The Morgan fingerprint density at radius 3 is 2.61 bits per heavy atom. The third-order valence-corrected chi connectivity index (χ3v) is 6.40. The normalized spacial score (nSPS) is 22.5. The van der Waals surface area contributed by atoms with Gasteiger partial charge in [0.05, 0.1) is 12.0 Å². The summed E-state index contributed by atoms with van der Waals surface area (Å²) in [6.45, 7) is 2.16. The van der Waals surface area contributed by atoms with Crippen LogP contribution in [-0.4, -0.2) is 21.4 Å². The molecule has 1 fully saturated rings. The molecule has 150 valence electrons. The number of carbonyl (C=O) groups is 1. The first-order valence-electron chi connectivity index (χ1n) is 9.38. The number of carbonyl (C=O) groups excluding carboxylic acids is 1. The topological polar surface area (TPSA) is 98.5 Å². The summed E-state index contributed by atoms with van der Waals surface area (Å²) in [6.07, 6.45) is 2.79. The molecule has 3 rings (SSSR count). The molecule has 0 aromatic heterocycles. The molecule has 0 aliphatic heterocycles. The summed E-state index contributed by atoms with van der Waals surface area (Å²) in [5.41, 5.74) is 1.46. The number of rotatable bonds is 5. The average molecular weight is 403 g/mol. The third kappa shape index (κ3) is 4.36. The monoisotopic (exact) mass is 402 g/mol. The largest absolute Gasteiger partial charge is 0.496 e. The van der Waals surface area contributed by atoms with Crippen LogP contribution in [-0.2, 0) is 14.8 Å². The van der Waals surface area contributed by atoms with Gasteiger partial charge in [-0.3, -0.25) is 4.79 Å². The Labute approximate surface area is 166 Å². The maximum atomic E-state index is 13.1. The molecule has 1 aliphatic carbocycles. The van der Waals surface area contributed by atoms with E-state index in [9.17, 15) is 13.2 Å². The minimum absolute atomic E-state index is 0.0245. The number of methoxy groups -OCH3 is 1. The number of benzene rings is 2. The second-order valence-electron chi connectivity index (χ2n) is 7.34. The highest BCUT2D eigenvalue weighted by Gasteiger charge is 2.37. The van der Waals surface area contributed by atoms with Crippen molar-refractivity contribution in [2.75, 3.05) is 12.4 Å². The van der Waals surface area contributed by atoms with Crippen molar-refractivity contribution in [2.45, 2.75) is 37.0 Å². The Hall–Kier alpha value is -2.38. The number of para-hydroxylation sites is 1. The Morgan fingerprint density at radius 1 is 1.14 bits per heavy atom. The van der Waals surface area contributed by atoms with E-state index in [0.29, 0.717) is 11.6 Å². The molecule has 2 aromatic carbocycles. The first kappa shape index (κ1) is 20.4. The van der Waals surface area contributed by atoms with E-state index in [-0.39, 0.29) is 22.6 Å². The summed E-state index contributed by atoms with van der Waals surface area (Å²) in [4.78, 5) is 13.1. The van der Waals surface area contributed by atoms with Crippen LogP contribution in [0.25, 0.3) is 0 Å². The van der Waals surface area contributed by atoms with Crippen molar-refractivity contribution in [1.82, 2.24) is 0 Å². The zero-order valence-electron chi connectivity index (χ0n) is 16.1. The smallest absolute Gasteiger partial charge is 0.238 e. The number of primary sulfonamides is 1. The van der Waals surface area contributed by atoms with Crippen molar-refractivity contribution >= 4 is 21.6 Å². The number of anilines is 1. The van der Waals surface area contributed by atoms with E-state index in [1.54, 1.807) is 19.2 Å². The van der Waals surface area contributed by atoms with Crippen LogP contribution in [0.5, 0.6) is 5.75 Å². The fraction of sp³-hybridized carbons (Fsp3) is 0.381. The molecular weight excluding hydrogens is 376 g/mol. The van der Waals surface area contributed by atoms with E-state index in [4.69, 9.17) is 9.88 Å². The zero-order valence-corrected chi connectivity index (χ0v) is 16.9. The van der Waals surface area contributed by atoms with E-state index < -0.39 is 10.0 Å². The first-order valence-corrected chi connectivity index (χ1v) is 10.9. The van der Waals surface area contributed by atoms with Crippen LogP contribution in [0.3, 0.4) is 0 Å². The highest BCUT2D eigenvalue weighted by molar-refractivity contribution is 7.89. The van der Waals surface area contributed by atoms with E-state index >= 15 is 0 Å². The number of sulfonamides is 1. The van der Waals surface area contributed by atoms with Crippen LogP contribution in [0, 0.1) is 11.8 Å². The predicted molar refractivity (Wildman–Crippen MR) is 109 cm³/mol. The summed E-state index contributed by atoms with van der Waals surface area (Å²) >= 11 is 0. The lowest BCUT2D eigenvalue weighted by atomic mass is 9.69. The van der Waals surface area contributed by atoms with Crippen molar-refractivity contribution < 1.29 is 17.9 Å². The standard InChI is InChI=1S/C21H26N2O4S/c1-14-7-5-11-18(20(14)17-10-3-4-12-19(17)27-2)21(24)23-15-8-6-9-16(13-15)28(22,25)26/h3-4,6,8-10,12-14,18,20H,5,7,11H2,1-2H3,(H,23,24)(H2,22,25,26)/t14?,18-,20+/m1/s1. The van der Waals surface area contributed by atoms with Crippen molar-refractivity contribution in [1.29, 1.82) is 0 Å². The van der Waals surface area contributed by atoms with Gasteiger partial charge in [-0.05, 0) is 42.2 Å². The van der Waals surface area contributed by atoms with Crippen LogP contribution < -0.4 is 15.2 Å². The van der Waals surface area contributed by atoms with Gasteiger partial charge in [0, 0.05) is 17.5 Å². The average Bonchev–Trinajstić information content (AvgIpc) is 2.67. The van der Waals surface area contributed by atoms with Crippen molar-refractivity contribution in [3.05, 3.63) is 54.1 Å². The maximum Gasteiger partial charge on any atom is 0.238 e. The van der Waals surface area contributed by atoms with Crippen molar-refractivity contribution in [3.8, 4) is 5.75 Å². The molecule has 7 heteroatoms. The van der Waals surface area contributed by atoms with Crippen LogP contribution in [0.4, 0.5) is 5.69 Å². The number of hydrogen-bond acceptors (Lipinski definition) is 4. The molecule has 1 saturated carbocycles. The molecule has 2 aromatic rings. The lowest BCUT2D eigenvalue weighted by molar-refractivity contribution is -0.122. The Balaban J connectivity index is 1.89. The van der Waals surface area contributed by atoms with Crippen LogP contribution in [0.15, 0.2) is 53.4 Å². The molecule has 0 heterocycles. The van der Waals surface area contributed by atoms with E-state index in [1.807, 2.05) is 24.3 Å². The van der Waals surface area contributed by atoms with Crippen molar-refractivity contribution in [2.24, 2.45) is 17.0 Å². The fourth-order valence-electron chi connectivity index (χ4n) is 4.16. The minimum Gasteiger partial charge on any atom is -0.496 e. The number of nitrogens with one attached hydrogen (secondary N) is 1. The summed E-state index contributed by atoms with van der Waals surface area (Å²) in [6, 6.07) is 13.8. The lowest BCUT2D eigenvalue weighted by Gasteiger charge is -2.36. The van der Waals surface area contributed by atoms with Crippen molar-refractivity contribution in [3.63, 3.8) is 0 Å². The lowest BCUT2D eigenvalue weighted by Crippen LogP contribution is -2.34. The predicted octanol–water partition coefficient (Wildman–Crippen LogP) is 3.50. The minimum atomic E-state index is -3.83. The van der Waals surface area contributed by atoms with E-state index in [1.165, 1.54) is 12.1 Å². The quantitative estimate of drug-likeness (QED) is 0.800. The second kappa shape index (κ2) is 8.32. The van der Waals surface area contributed by atoms with Crippen LogP contribution in [0.1, 0.15) is 37.7 Å². The Morgan fingerprint density at radius 2 is 1.89 bits per heavy atom. The molecular formula is C21H26N2O4S. The Kier molecular flexibility index (Phi) is 6.05. The Bertz CT molecular complexity index is 958. The van der Waals surface area contributed by atoms with E-state index in [2.05, 4.69) is 12.2 Å². The van der Waals surface area contributed by atoms with Gasteiger partial charge in [-0.1, -0.05) is 44.0 Å². The zero-order chi connectivity index (χ0) is 20.3. The van der Waals surface area contributed by atoms with Gasteiger partial charge in [0.2, 0.25) is 15.9 Å². The molecule has 3 N–H and O–H groups in total. The summed E-state index contributed by atoms with van der Waals surface area (Å²) in [5, 5.41) is 8.08. The fourth-order valence-corrected chi connectivity index (χ4v) is 4.72. The molecule has 0 saturated heterocycles. The summed E-state index contributed by atoms with van der Waals surface area (Å²) in [7, 11) is -2.19. The molecule has 28 heavy (non-hydrogen) atoms. The number of hydrogen-bond donors (Lipinski definition) is 2. The second-order valence-corrected chi connectivity index (χ2v) is 8.91. The molecule has 6 nitrogen and oxygen atoms in total. The molecule has 0 radical (unpaired) electrons. The molecule has 0 bridgehead atoms. The molecule has 3 atom stereocenters. The SMILES string of the molecule is COc1ccccc1[C@@H]1C(C)CCC[C@H]1C(=O)Nc1cccc(S(N)(=O)=O)c1. The highest BCUT2D eigenvalue weighted by Crippen LogP contribution is 2.45. The van der Waals surface area contributed by atoms with Gasteiger partial charge < -0.3 is 10.1 Å². The third-order valence-electron chi connectivity index (χ3n) is 5.49. The van der Waals surface area contributed by atoms with Crippen LogP contribution >= 0.6 is 0 Å². The molecule has 1 amide bonds. The van der Waals surface area contributed by atoms with Gasteiger partial charge in [0.1, 0.15) is 5.75 Å². The first-order chi connectivity index (χ1) is 13.3. The van der Waals surface area contributed by atoms with Gasteiger partial charge in [-0.15, -0.1) is 0 Å². The van der Waals surface area contributed by atoms with Gasteiger partial charge in [-0.25, -0.2) is 13.6 Å². The van der Waals surface area contributed by atoms with Gasteiger partial charge in [0.25, 0.3) is 0 Å².